The molecule has 0 aromatic carbocycles. The van der Waals surface area contributed by atoms with Gasteiger partial charge in [0.25, 0.3) is 5.79 Å². The zero-order chi connectivity index (χ0) is 14.9. The fourth-order valence-corrected chi connectivity index (χ4v) is 1.69. The number of rotatable bonds is 2. The van der Waals surface area contributed by atoms with Crippen LogP contribution in [0.5, 0.6) is 0 Å². The van der Waals surface area contributed by atoms with Crippen LogP contribution in [0.15, 0.2) is 21.7 Å². The second-order valence-corrected chi connectivity index (χ2v) is 5.31. The number of pyridine rings is 1. The van der Waals surface area contributed by atoms with E-state index in [0.717, 1.165) is 12.3 Å². The fraction of sp³-hybridized carbons (Fsp3) is 0.333. The van der Waals surface area contributed by atoms with E-state index in [4.69, 9.17) is 9.47 Å². The molecule has 1 fully saturated rings. The van der Waals surface area contributed by atoms with Gasteiger partial charge in [-0.25, -0.2) is 14.4 Å². The molecule has 1 aromatic heterocycles. The zero-order valence-corrected chi connectivity index (χ0v) is 12.2. The van der Waals surface area contributed by atoms with Crippen molar-refractivity contribution in [3.63, 3.8) is 0 Å². The second-order valence-electron chi connectivity index (χ2n) is 4.45. The minimum absolute atomic E-state index is 0.0242. The predicted molar refractivity (Wildman–Crippen MR) is 69.8 cm³/mol. The van der Waals surface area contributed by atoms with Crippen molar-refractivity contribution in [1.82, 2.24) is 4.98 Å². The molecule has 6 nitrogen and oxygen atoms in total. The van der Waals surface area contributed by atoms with Crippen molar-refractivity contribution >= 4 is 39.9 Å². The van der Waals surface area contributed by atoms with Crippen LogP contribution in [0.1, 0.15) is 13.8 Å². The highest BCUT2D eigenvalue weighted by Gasteiger charge is 2.42. The van der Waals surface area contributed by atoms with Gasteiger partial charge in [-0.15, -0.1) is 0 Å². The molecule has 20 heavy (non-hydrogen) atoms. The Bertz CT molecular complexity index is 583. The summed E-state index contributed by atoms with van der Waals surface area (Å²) in [6.45, 7) is 2.89. The molecule has 0 aliphatic carbocycles. The Morgan fingerprint density at radius 3 is 2.55 bits per heavy atom. The maximum atomic E-state index is 13.3. The molecule has 0 atom stereocenters. The van der Waals surface area contributed by atoms with Gasteiger partial charge < -0.3 is 9.47 Å². The molecule has 1 saturated heterocycles. The molecular weight excluding hydrogens is 335 g/mol. The largest absolute Gasteiger partial charge is 0.422 e. The lowest BCUT2D eigenvalue weighted by atomic mass is 10.1. The standard InChI is InChI=1S/C12H10BrFN2O4/c1-12(2)19-10(17)6(11(18)20-12)4-15-9-3-8(14)7(13)5-16-9/h3-6H,1-2H3/b15-4+. The van der Waals surface area contributed by atoms with Crippen LogP contribution in [0, 0.1) is 11.7 Å². The Kier molecular flexibility index (Phi) is 3.85. The number of carbonyl (C=O) groups is 2. The maximum Gasteiger partial charge on any atom is 0.329 e. The molecule has 0 radical (unpaired) electrons. The van der Waals surface area contributed by atoms with Gasteiger partial charge in [0.2, 0.25) is 0 Å². The Balaban J connectivity index is 2.16. The van der Waals surface area contributed by atoms with Gasteiger partial charge in [0.05, 0.1) is 4.47 Å². The quantitative estimate of drug-likeness (QED) is 0.466. The first-order valence-corrected chi connectivity index (χ1v) is 6.39. The normalized spacial score (nSPS) is 19.0. The maximum absolute atomic E-state index is 13.3. The van der Waals surface area contributed by atoms with Crippen LogP contribution in [0.3, 0.4) is 0 Å². The van der Waals surface area contributed by atoms with Crippen LogP contribution in [0.4, 0.5) is 10.2 Å². The van der Waals surface area contributed by atoms with Crippen molar-refractivity contribution in [1.29, 1.82) is 0 Å². The Labute approximate surface area is 122 Å². The highest BCUT2D eigenvalue weighted by Crippen LogP contribution is 2.23. The van der Waals surface area contributed by atoms with Crippen molar-refractivity contribution in [2.45, 2.75) is 19.6 Å². The SMILES string of the molecule is CC1(C)OC(=O)C(/C=N/c2cc(F)c(Br)cn2)C(=O)O1. The van der Waals surface area contributed by atoms with E-state index < -0.39 is 29.5 Å². The lowest BCUT2D eigenvalue weighted by Gasteiger charge is -2.31. The van der Waals surface area contributed by atoms with E-state index in [1.54, 1.807) is 0 Å². The van der Waals surface area contributed by atoms with Gasteiger partial charge in [0.1, 0.15) is 5.82 Å². The summed E-state index contributed by atoms with van der Waals surface area (Å²) < 4.78 is 23.3. The minimum Gasteiger partial charge on any atom is -0.422 e. The number of aromatic nitrogens is 1. The molecule has 1 aromatic rings. The third kappa shape index (κ3) is 3.19. The molecular formula is C12H10BrFN2O4. The van der Waals surface area contributed by atoms with E-state index in [-0.39, 0.29) is 10.3 Å². The molecule has 1 aliphatic heterocycles. The Morgan fingerprint density at radius 2 is 2.00 bits per heavy atom. The van der Waals surface area contributed by atoms with Gasteiger partial charge in [0, 0.05) is 32.3 Å². The highest BCUT2D eigenvalue weighted by molar-refractivity contribution is 9.10. The first kappa shape index (κ1) is 14.6. The average Bonchev–Trinajstić information content (AvgIpc) is 2.31. The first-order chi connectivity index (χ1) is 9.28. The predicted octanol–water partition coefficient (Wildman–Crippen LogP) is 2.14. The van der Waals surface area contributed by atoms with Crippen molar-refractivity contribution in [3.8, 4) is 0 Å². The molecule has 2 rings (SSSR count). The summed E-state index contributed by atoms with van der Waals surface area (Å²) in [5.74, 6) is -4.64. The van der Waals surface area contributed by atoms with Crippen LogP contribution in [-0.4, -0.2) is 28.9 Å². The van der Waals surface area contributed by atoms with Crippen molar-refractivity contribution in [3.05, 3.63) is 22.6 Å². The van der Waals surface area contributed by atoms with Crippen LogP contribution in [-0.2, 0) is 19.1 Å². The van der Waals surface area contributed by atoms with E-state index in [1.807, 2.05) is 0 Å². The number of cyclic esters (lactones) is 2. The summed E-state index contributed by atoms with van der Waals surface area (Å²) in [4.78, 5) is 30.9. The van der Waals surface area contributed by atoms with Crippen LogP contribution in [0.25, 0.3) is 0 Å². The molecule has 2 heterocycles. The molecule has 8 heteroatoms. The summed E-state index contributed by atoms with van der Waals surface area (Å²) in [6, 6.07) is 1.06. The lowest BCUT2D eigenvalue weighted by molar-refractivity contribution is -0.235. The highest BCUT2D eigenvalue weighted by atomic mass is 79.9. The third-order valence-electron chi connectivity index (χ3n) is 2.35. The van der Waals surface area contributed by atoms with Crippen LogP contribution < -0.4 is 0 Å². The molecule has 106 valence electrons. The second kappa shape index (κ2) is 5.28. The van der Waals surface area contributed by atoms with E-state index in [9.17, 15) is 14.0 Å². The fourth-order valence-electron chi connectivity index (χ4n) is 1.48. The van der Waals surface area contributed by atoms with E-state index >= 15 is 0 Å². The van der Waals surface area contributed by atoms with Gasteiger partial charge >= 0.3 is 11.9 Å². The van der Waals surface area contributed by atoms with E-state index in [1.165, 1.54) is 20.0 Å². The van der Waals surface area contributed by atoms with Gasteiger partial charge in [-0.1, -0.05) is 0 Å². The number of nitrogens with zero attached hydrogens (tertiary/aromatic N) is 2. The number of carbonyl (C=O) groups excluding carboxylic acids is 2. The van der Waals surface area contributed by atoms with Gasteiger partial charge in [-0.3, -0.25) is 9.59 Å². The zero-order valence-electron chi connectivity index (χ0n) is 10.6. The van der Waals surface area contributed by atoms with Gasteiger partial charge in [-0.2, -0.15) is 0 Å². The summed E-state index contributed by atoms with van der Waals surface area (Å²) in [6.07, 6.45) is 2.25. The summed E-state index contributed by atoms with van der Waals surface area (Å²) in [7, 11) is 0. The Morgan fingerprint density at radius 1 is 1.40 bits per heavy atom. The monoisotopic (exact) mass is 344 g/mol. The topological polar surface area (TPSA) is 77.9 Å². The lowest BCUT2D eigenvalue weighted by Crippen LogP contribution is -2.46. The number of hydrogen-bond donors (Lipinski definition) is 0. The van der Waals surface area contributed by atoms with E-state index in [0.29, 0.717) is 0 Å². The minimum atomic E-state index is -1.29. The molecule has 0 spiro atoms. The number of ether oxygens (including phenoxy) is 2. The average molecular weight is 345 g/mol. The molecule has 1 aliphatic rings. The molecule has 0 saturated carbocycles. The van der Waals surface area contributed by atoms with Gasteiger partial charge in [0.15, 0.2) is 11.7 Å². The summed E-state index contributed by atoms with van der Waals surface area (Å²) in [5, 5.41) is 0. The van der Waals surface area contributed by atoms with Gasteiger partial charge in [-0.05, 0) is 15.9 Å². The van der Waals surface area contributed by atoms with Crippen LogP contribution in [0.2, 0.25) is 0 Å². The van der Waals surface area contributed by atoms with E-state index in [2.05, 4.69) is 25.9 Å². The van der Waals surface area contributed by atoms with Crippen LogP contribution >= 0.6 is 15.9 Å². The molecule has 0 N–H and O–H groups in total. The summed E-state index contributed by atoms with van der Waals surface area (Å²) in [5.41, 5.74) is 0. The number of esters is 2. The number of aliphatic imine (C=N–C) groups is 1. The smallest absolute Gasteiger partial charge is 0.329 e. The Hall–Kier alpha value is -1.83. The number of hydrogen-bond acceptors (Lipinski definition) is 6. The molecule has 0 unspecified atom stereocenters. The van der Waals surface area contributed by atoms with Crippen molar-refractivity contribution in [2.24, 2.45) is 10.9 Å². The third-order valence-corrected chi connectivity index (χ3v) is 2.93. The summed E-state index contributed by atoms with van der Waals surface area (Å²) >= 11 is 2.95. The van der Waals surface area contributed by atoms with Crippen molar-refractivity contribution in [2.75, 3.05) is 0 Å². The molecule has 0 amide bonds. The number of halogens is 2. The van der Waals surface area contributed by atoms with Crippen molar-refractivity contribution < 1.29 is 23.5 Å². The molecule has 0 bridgehead atoms. The first-order valence-electron chi connectivity index (χ1n) is 5.59.